The molecule has 1 amide bonds. The van der Waals surface area contributed by atoms with Crippen LogP contribution in [-0.2, 0) is 0 Å². The Balaban J connectivity index is 0.00000161. The summed E-state index contributed by atoms with van der Waals surface area (Å²) in [6, 6.07) is 8.54. The zero-order chi connectivity index (χ0) is 14.1. The second-order valence-electron chi connectivity index (χ2n) is 6.09. The Morgan fingerprint density at radius 3 is 2.90 bits per heavy atom. The van der Waals surface area contributed by atoms with Crippen LogP contribution in [0.2, 0.25) is 0 Å². The molecule has 0 aromatic heterocycles. The Morgan fingerprint density at radius 1 is 1.33 bits per heavy atom. The molecular weight excluding hydrogens is 286 g/mol. The van der Waals surface area contributed by atoms with Gasteiger partial charge in [-0.15, -0.1) is 12.4 Å². The third-order valence-electron chi connectivity index (χ3n) is 4.55. The van der Waals surface area contributed by atoms with E-state index in [1.807, 2.05) is 48.2 Å². The minimum Gasteiger partial charge on any atom is -0.378 e. The molecule has 5 heteroatoms. The van der Waals surface area contributed by atoms with E-state index in [1.165, 1.54) is 6.42 Å². The molecule has 1 aromatic rings. The standard InChI is InChI=1S/C16H23N3O.ClH/c1-18(2)14-5-3-4-12(10-14)16(20)19-9-7-15-13(11-19)6-8-17-15;/h3-5,10,13,15,17H,6-9,11H2,1-2H3;1H. The lowest BCUT2D eigenvalue weighted by molar-refractivity contribution is 0.0662. The molecule has 0 bridgehead atoms. The molecule has 0 aliphatic carbocycles. The Kier molecular flexibility index (Phi) is 5.12. The Bertz CT molecular complexity index is 506. The monoisotopic (exact) mass is 309 g/mol. The van der Waals surface area contributed by atoms with Crippen LogP contribution in [0.4, 0.5) is 5.69 Å². The fraction of sp³-hybridized carbons (Fsp3) is 0.562. The van der Waals surface area contributed by atoms with Gasteiger partial charge >= 0.3 is 0 Å². The fourth-order valence-electron chi connectivity index (χ4n) is 3.33. The van der Waals surface area contributed by atoms with E-state index >= 15 is 0 Å². The maximum atomic E-state index is 12.7. The van der Waals surface area contributed by atoms with Crippen molar-refractivity contribution < 1.29 is 4.79 Å². The quantitative estimate of drug-likeness (QED) is 0.907. The summed E-state index contributed by atoms with van der Waals surface area (Å²) in [6.07, 6.45) is 2.29. The predicted molar refractivity (Wildman–Crippen MR) is 88.4 cm³/mol. The van der Waals surface area contributed by atoms with Gasteiger partial charge in [-0.3, -0.25) is 4.79 Å². The molecule has 116 valence electrons. The summed E-state index contributed by atoms with van der Waals surface area (Å²) in [5.74, 6) is 0.823. The average molecular weight is 310 g/mol. The maximum Gasteiger partial charge on any atom is 0.253 e. The van der Waals surface area contributed by atoms with Crippen molar-refractivity contribution in [1.29, 1.82) is 0 Å². The molecule has 2 fully saturated rings. The van der Waals surface area contributed by atoms with Gasteiger partial charge in [0.05, 0.1) is 0 Å². The molecule has 2 atom stereocenters. The number of halogens is 1. The molecule has 1 aromatic carbocycles. The average Bonchev–Trinajstić information content (AvgIpc) is 2.94. The van der Waals surface area contributed by atoms with E-state index in [0.717, 1.165) is 37.3 Å². The molecule has 4 nitrogen and oxygen atoms in total. The van der Waals surface area contributed by atoms with Gasteiger partial charge in [-0.05, 0) is 43.5 Å². The number of benzene rings is 1. The van der Waals surface area contributed by atoms with E-state index in [1.54, 1.807) is 0 Å². The third-order valence-corrected chi connectivity index (χ3v) is 4.55. The Morgan fingerprint density at radius 2 is 2.14 bits per heavy atom. The SMILES string of the molecule is CN(C)c1cccc(C(=O)N2CCC3NCCC3C2)c1.Cl. The number of fused-ring (bicyclic) bond motifs is 1. The van der Waals surface area contributed by atoms with Gasteiger partial charge in [-0.1, -0.05) is 6.07 Å². The molecule has 2 unspecified atom stereocenters. The van der Waals surface area contributed by atoms with Gasteiger partial charge in [-0.2, -0.15) is 0 Å². The third kappa shape index (κ3) is 3.33. The van der Waals surface area contributed by atoms with Crippen molar-refractivity contribution in [2.45, 2.75) is 18.9 Å². The summed E-state index contributed by atoms with van der Waals surface area (Å²) in [7, 11) is 4.00. The number of carbonyl (C=O) groups is 1. The first-order valence-electron chi connectivity index (χ1n) is 7.45. The number of carbonyl (C=O) groups excluding carboxylic acids is 1. The number of rotatable bonds is 2. The highest BCUT2D eigenvalue weighted by molar-refractivity contribution is 5.95. The first-order valence-corrected chi connectivity index (χ1v) is 7.45. The summed E-state index contributed by atoms with van der Waals surface area (Å²) < 4.78 is 0. The smallest absolute Gasteiger partial charge is 0.253 e. The van der Waals surface area contributed by atoms with E-state index in [4.69, 9.17) is 0 Å². The zero-order valence-corrected chi connectivity index (χ0v) is 13.5. The van der Waals surface area contributed by atoms with Crippen molar-refractivity contribution in [2.75, 3.05) is 38.6 Å². The van der Waals surface area contributed by atoms with Crippen LogP contribution in [0.1, 0.15) is 23.2 Å². The number of piperidine rings is 1. The molecular formula is C16H24ClN3O. The number of anilines is 1. The van der Waals surface area contributed by atoms with Gasteiger partial charge in [0, 0.05) is 44.5 Å². The van der Waals surface area contributed by atoms with Gasteiger partial charge in [-0.25, -0.2) is 0 Å². The van der Waals surface area contributed by atoms with Crippen molar-refractivity contribution in [3.8, 4) is 0 Å². The number of amides is 1. The Hall–Kier alpha value is -1.26. The maximum absolute atomic E-state index is 12.7. The molecule has 21 heavy (non-hydrogen) atoms. The highest BCUT2D eigenvalue weighted by atomic mass is 35.5. The van der Waals surface area contributed by atoms with Crippen LogP contribution in [0.3, 0.4) is 0 Å². The molecule has 2 heterocycles. The summed E-state index contributed by atoms with van der Waals surface area (Å²) in [5, 5.41) is 3.54. The van der Waals surface area contributed by atoms with E-state index in [9.17, 15) is 4.79 Å². The van der Waals surface area contributed by atoms with Crippen molar-refractivity contribution in [2.24, 2.45) is 5.92 Å². The lowest BCUT2D eigenvalue weighted by Crippen LogP contribution is -2.46. The summed E-state index contributed by atoms with van der Waals surface area (Å²) in [4.78, 5) is 16.7. The van der Waals surface area contributed by atoms with Gasteiger partial charge < -0.3 is 15.1 Å². The predicted octanol–water partition coefficient (Wildman–Crippen LogP) is 2.00. The highest BCUT2D eigenvalue weighted by Crippen LogP contribution is 2.26. The Labute approximate surface area is 132 Å². The summed E-state index contributed by atoms with van der Waals surface area (Å²) in [5.41, 5.74) is 1.88. The second kappa shape index (κ2) is 6.67. The number of likely N-dealkylation sites (tertiary alicyclic amines) is 1. The van der Waals surface area contributed by atoms with Gasteiger partial charge in [0.25, 0.3) is 5.91 Å². The number of nitrogens with zero attached hydrogens (tertiary/aromatic N) is 2. The number of hydrogen-bond donors (Lipinski definition) is 1. The van der Waals surface area contributed by atoms with Crippen LogP contribution in [0.5, 0.6) is 0 Å². The van der Waals surface area contributed by atoms with Crippen molar-refractivity contribution in [1.82, 2.24) is 10.2 Å². The van der Waals surface area contributed by atoms with E-state index in [-0.39, 0.29) is 18.3 Å². The molecule has 0 saturated carbocycles. The van der Waals surface area contributed by atoms with Crippen LogP contribution in [-0.4, -0.2) is 50.6 Å². The lowest BCUT2D eigenvalue weighted by atomic mass is 9.93. The van der Waals surface area contributed by atoms with Crippen molar-refractivity contribution >= 4 is 24.0 Å². The van der Waals surface area contributed by atoms with E-state index in [2.05, 4.69) is 5.32 Å². The molecule has 0 radical (unpaired) electrons. The van der Waals surface area contributed by atoms with Gasteiger partial charge in [0.1, 0.15) is 0 Å². The normalized spacial score (nSPS) is 24.2. The largest absolute Gasteiger partial charge is 0.378 e. The van der Waals surface area contributed by atoms with Gasteiger partial charge in [0.2, 0.25) is 0 Å². The first kappa shape index (κ1) is 16.1. The second-order valence-corrected chi connectivity index (χ2v) is 6.09. The van der Waals surface area contributed by atoms with E-state index in [0.29, 0.717) is 12.0 Å². The van der Waals surface area contributed by atoms with Crippen LogP contribution in [0.15, 0.2) is 24.3 Å². The zero-order valence-electron chi connectivity index (χ0n) is 12.7. The summed E-state index contributed by atoms with van der Waals surface area (Å²) in [6.45, 7) is 2.88. The first-order chi connectivity index (χ1) is 9.65. The van der Waals surface area contributed by atoms with Crippen molar-refractivity contribution in [3.05, 3.63) is 29.8 Å². The van der Waals surface area contributed by atoms with Crippen LogP contribution in [0, 0.1) is 5.92 Å². The molecule has 0 spiro atoms. The number of hydrogen-bond acceptors (Lipinski definition) is 3. The molecule has 3 rings (SSSR count). The topological polar surface area (TPSA) is 35.6 Å². The van der Waals surface area contributed by atoms with Crippen LogP contribution in [0.25, 0.3) is 0 Å². The fourth-order valence-corrected chi connectivity index (χ4v) is 3.33. The highest BCUT2D eigenvalue weighted by Gasteiger charge is 2.34. The van der Waals surface area contributed by atoms with Gasteiger partial charge in [0.15, 0.2) is 0 Å². The van der Waals surface area contributed by atoms with Crippen LogP contribution >= 0.6 is 12.4 Å². The lowest BCUT2D eigenvalue weighted by Gasteiger charge is -2.35. The molecule has 2 saturated heterocycles. The number of nitrogens with one attached hydrogen (secondary N) is 1. The molecule has 1 N–H and O–H groups in total. The summed E-state index contributed by atoms with van der Waals surface area (Å²) >= 11 is 0. The van der Waals surface area contributed by atoms with Crippen molar-refractivity contribution in [3.63, 3.8) is 0 Å². The molecule has 2 aliphatic rings. The minimum atomic E-state index is 0. The van der Waals surface area contributed by atoms with Crippen LogP contribution < -0.4 is 10.2 Å². The van der Waals surface area contributed by atoms with E-state index < -0.39 is 0 Å². The molecule has 2 aliphatic heterocycles. The minimum absolute atomic E-state index is 0.